The Hall–Kier alpha value is -2.71. The van der Waals surface area contributed by atoms with Crippen LogP contribution in [0.2, 0.25) is 0 Å². The number of nitrogens with zero attached hydrogens (tertiary/aromatic N) is 1. The van der Waals surface area contributed by atoms with Crippen LogP contribution in [0.4, 0.5) is 0 Å². The molecule has 0 spiro atoms. The van der Waals surface area contributed by atoms with Gasteiger partial charge in [-0.05, 0) is 73.4 Å². The number of sulfone groups is 1. The maximum absolute atomic E-state index is 13.3. The van der Waals surface area contributed by atoms with E-state index in [-0.39, 0.29) is 12.2 Å². The van der Waals surface area contributed by atoms with Crippen LogP contribution in [-0.4, -0.2) is 60.9 Å². The lowest BCUT2D eigenvalue weighted by atomic mass is 9.90. The van der Waals surface area contributed by atoms with Crippen LogP contribution in [-0.2, 0) is 21.2 Å². The van der Waals surface area contributed by atoms with Gasteiger partial charge >= 0.3 is 5.97 Å². The smallest absolute Gasteiger partial charge is 0.326 e. The summed E-state index contributed by atoms with van der Waals surface area (Å²) in [6, 6.07) is 12.7. The second-order valence-electron chi connectivity index (χ2n) is 10.1. The molecule has 1 saturated heterocycles. The third-order valence-electron chi connectivity index (χ3n) is 7.22. The first-order chi connectivity index (χ1) is 17.0. The minimum absolute atomic E-state index is 0.191. The first kappa shape index (κ1) is 27.9. The van der Waals surface area contributed by atoms with Crippen molar-refractivity contribution < 1.29 is 23.1 Å². The van der Waals surface area contributed by atoms with Gasteiger partial charge in [-0.2, -0.15) is 0 Å². The van der Waals surface area contributed by atoms with Crippen LogP contribution in [0.5, 0.6) is 0 Å². The van der Waals surface area contributed by atoms with Gasteiger partial charge in [0.1, 0.15) is 15.9 Å². The summed E-state index contributed by atoms with van der Waals surface area (Å²) in [5, 5.41) is 12.1. The summed E-state index contributed by atoms with van der Waals surface area (Å²) in [4.78, 5) is 27.5. The molecule has 3 atom stereocenters. The van der Waals surface area contributed by atoms with E-state index in [9.17, 15) is 23.1 Å². The fourth-order valence-corrected chi connectivity index (χ4v) is 5.53. The van der Waals surface area contributed by atoms with Crippen LogP contribution in [0.15, 0.2) is 42.5 Å². The summed E-state index contributed by atoms with van der Waals surface area (Å²) in [5.41, 5.74) is 4.13. The number of hydrogen-bond donors (Lipinski definition) is 2. The van der Waals surface area contributed by atoms with E-state index >= 15 is 0 Å². The molecule has 3 unspecified atom stereocenters. The van der Waals surface area contributed by atoms with Crippen LogP contribution in [0, 0.1) is 12.8 Å². The van der Waals surface area contributed by atoms with E-state index in [1.54, 1.807) is 6.07 Å². The molecule has 8 heteroatoms. The summed E-state index contributed by atoms with van der Waals surface area (Å²) in [6.45, 7) is 8.32. The fraction of sp³-hybridized carbons (Fsp3) is 0.500. The first-order valence-corrected chi connectivity index (χ1v) is 14.7. The number of rotatable bonds is 10. The number of hydrogen-bond acceptors (Lipinski definition) is 5. The number of likely N-dealkylation sites (tertiary alicyclic amines) is 1. The zero-order valence-electron chi connectivity index (χ0n) is 21.7. The zero-order valence-corrected chi connectivity index (χ0v) is 22.5. The molecule has 0 aromatic heterocycles. The number of benzene rings is 2. The molecule has 1 amide bonds. The van der Waals surface area contributed by atoms with E-state index in [1.807, 2.05) is 43.3 Å². The molecule has 196 valence electrons. The van der Waals surface area contributed by atoms with Crippen LogP contribution in [0.3, 0.4) is 0 Å². The molecule has 2 N–H and O–H groups in total. The molecule has 0 bridgehead atoms. The number of carboxylic acids is 1. The Morgan fingerprint density at radius 2 is 1.86 bits per heavy atom. The Bertz CT molecular complexity index is 1190. The number of amides is 1. The lowest BCUT2D eigenvalue weighted by Crippen LogP contribution is -2.42. The van der Waals surface area contributed by atoms with E-state index in [0.29, 0.717) is 17.5 Å². The van der Waals surface area contributed by atoms with E-state index in [4.69, 9.17) is 0 Å². The van der Waals surface area contributed by atoms with Crippen molar-refractivity contribution in [3.8, 4) is 11.1 Å². The lowest BCUT2D eigenvalue weighted by Gasteiger charge is -2.38. The summed E-state index contributed by atoms with van der Waals surface area (Å²) in [7, 11) is -3.36. The van der Waals surface area contributed by atoms with Crippen molar-refractivity contribution in [1.29, 1.82) is 0 Å². The van der Waals surface area contributed by atoms with Crippen molar-refractivity contribution >= 4 is 21.7 Å². The minimum atomic E-state index is -3.36. The molecule has 7 nitrogen and oxygen atoms in total. The van der Waals surface area contributed by atoms with Crippen molar-refractivity contribution in [2.24, 2.45) is 5.92 Å². The molecule has 0 aliphatic carbocycles. The molecule has 1 aliphatic rings. The predicted octanol–water partition coefficient (Wildman–Crippen LogP) is 4.29. The van der Waals surface area contributed by atoms with Crippen LogP contribution < -0.4 is 5.32 Å². The fourth-order valence-electron chi connectivity index (χ4n) is 4.86. The average Bonchev–Trinajstić information content (AvgIpc) is 2.82. The van der Waals surface area contributed by atoms with Gasteiger partial charge in [0.15, 0.2) is 0 Å². The zero-order chi connectivity index (χ0) is 26.5. The van der Waals surface area contributed by atoms with Crippen molar-refractivity contribution in [3.63, 3.8) is 0 Å². The number of aryl methyl sites for hydroxylation is 1. The van der Waals surface area contributed by atoms with Crippen molar-refractivity contribution in [1.82, 2.24) is 10.2 Å². The third kappa shape index (κ3) is 7.40. The van der Waals surface area contributed by atoms with Gasteiger partial charge in [-0.1, -0.05) is 43.7 Å². The largest absolute Gasteiger partial charge is 0.480 e. The van der Waals surface area contributed by atoms with Gasteiger partial charge in [0.05, 0.1) is 5.75 Å². The Labute approximate surface area is 214 Å². The lowest BCUT2D eigenvalue weighted by molar-refractivity contribution is -0.139. The molecular weight excluding hydrogens is 476 g/mol. The van der Waals surface area contributed by atoms with Gasteiger partial charge in [-0.25, -0.2) is 13.2 Å². The number of aliphatic carboxylic acids is 1. The van der Waals surface area contributed by atoms with Crippen molar-refractivity contribution in [2.45, 2.75) is 65.1 Å². The number of nitrogens with one attached hydrogen (secondary N) is 1. The van der Waals surface area contributed by atoms with Gasteiger partial charge in [0.25, 0.3) is 5.91 Å². The molecule has 0 saturated carbocycles. The average molecular weight is 515 g/mol. The molecule has 2 aromatic carbocycles. The highest BCUT2D eigenvalue weighted by Crippen LogP contribution is 2.30. The second-order valence-corrected chi connectivity index (χ2v) is 12.4. The van der Waals surface area contributed by atoms with Gasteiger partial charge in [0.2, 0.25) is 0 Å². The second kappa shape index (κ2) is 12.0. The number of carboxylic acid groups (broad SMARTS) is 1. The van der Waals surface area contributed by atoms with Crippen LogP contribution >= 0.6 is 0 Å². The van der Waals surface area contributed by atoms with E-state index in [0.717, 1.165) is 41.6 Å². The molecule has 1 fully saturated rings. The standard InChI is InChI=1S/C28H38N2O5S/c1-5-21-11-10-20(3)30(17-21)18-22-12-13-24(25(16-22)23-9-7-6-8-19(23)2)27(31)29-26(28(32)33)14-15-36(4,34)35/h6-9,12-13,16,20-21,26H,5,10-11,14-15,17-18H2,1-4H3,(H,29,31)(H,32,33). The quantitative estimate of drug-likeness (QED) is 0.490. The highest BCUT2D eigenvalue weighted by molar-refractivity contribution is 7.90. The Balaban J connectivity index is 1.93. The van der Waals surface area contributed by atoms with Crippen molar-refractivity contribution in [3.05, 3.63) is 59.2 Å². The van der Waals surface area contributed by atoms with E-state index in [2.05, 4.69) is 24.1 Å². The summed E-state index contributed by atoms with van der Waals surface area (Å²) < 4.78 is 23.1. The van der Waals surface area contributed by atoms with E-state index < -0.39 is 27.8 Å². The molecule has 1 aliphatic heterocycles. The van der Waals surface area contributed by atoms with Gasteiger partial charge in [0, 0.05) is 31.0 Å². The van der Waals surface area contributed by atoms with E-state index in [1.165, 1.54) is 19.3 Å². The Morgan fingerprint density at radius 1 is 1.14 bits per heavy atom. The molecule has 3 rings (SSSR count). The monoisotopic (exact) mass is 514 g/mol. The number of carbonyl (C=O) groups is 2. The number of piperidine rings is 1. The predicted molar refractivity (Wildman–Crippen MR) is 143 cm³/mol. The molecule has 36 heavy (non-hydrogen) atoms. The summed E-state index contributed by atoms with van der Waals surface area (Å²) >= 11 is 0. The third-order valence-corrected chi connectivity index (χ3v) is 8.19. The summed E-state index contributed by atoms with van der Waals surface area (Å²) in [5.74, 6) is -1.41. The SMILES string of the molecule is CCC1CCC(C)N(Cc2ccc(C(=O)NC(CCS(C)(=O)=O)C(=O)O)c(-c3ccccc3C)c2)C1. The van der Waals surface area contributed by atoms with Crippen LogP contribution in [0.1, 0.15) is 61.0 Å². The molecular formula is C28H38N2O5S. The number of carbonyl (C=O) groups excluding carboxylic acids is 1. The van der Waals surface area contributed by atoms with Gasteiger partial charge in [-0.15, -0.1) is 0 Å². The van der Waals surface area contributed by atoms with Crippen LogP contribution in [0.25, 0.3) is 11.1 Å². The maximum Gasteiger partial charge on any atom is 0.326 e. The highest BCUT2D eigenvalue weighted by atomic mass is 32.2. The first-order valence-electron chi connectivity index (χ1n) is 12.6. The Morgan fingerprint density at radius 3 is 2.50 bits per heavy atom. The maximum atomic E-state index is 13.3. The normalized spacial score (nSPS) is 19.6. The molecule has 0 radical (unpaired) electrons. The topological polar surface area (TPSA) is 104 Å². The Kier molecular flexibility index (Phi) is 9.30. The molecule has 2 aromatic rings. The van der Waals surface area contributed by atoms with Crippen molar-refractivity contribution in [2.75, 3.05) is 18.6 Å². The van der Waals surface area contributed by atoms with Gasteiger partial charge in [-0.3, -0.25) is 9.69 Å². The minimum Gasteiger partial charge on any atom is -0.480 e. The summed E-state index contributed by atoms with van der Waals surface area (Å²) in [6.07, 6.45) is 4.46. The highest BCUT2D eigenvalue weighted by Gasteiger charge is 2.26. The van der Waals surface area contributed by atoms with Gasteiger partial charge < -0.3 is 10.4 Å². The molecule has 1 heterocycles.